The maximum Gasteiger partial charge on any atom is 0.167 e. The van der Waals surface area contributed by atoms with Crippen molar-refractivity contribution in [2.24, 2.45) is 28.6 Å². The molecular weight excluding hydrogens is 386 g/mol. The predicted octanol–water partition coefficient (Wildman–Crippen LogP) is 5.61. The number of phenols is 2. The molecule has 4 nitrogen and oxygen atoms in total. The molecule has 4 rings (SSSR count). The van der Waals surface area contributed by atoms with Gasteiger partial charge in [-0.15, -0.1) is 0 Å². The van der Waals surface area contributed by atoms with Gasteiger partial charge in [0.05, 0.1) is 0 Å². The fourth-order valence-electron chi connectivity index (χ4n) is 7.04. The molecule has 0 unspecified atom stereocenters. The summed E-state index contributed by atoms with van der Waals surface area (Å²) in [7, 11) is 0. The van der Waals surface area contributed by atoms with Gasteiger partial charge in [0.15, 0.2) is 5.78 Å². The van der Waals surface area contributed by atoms with Gasteiger partial charge in [-0.1, -0.05) is 57.9 Å². The maximum absolute atomic E-state index is 13.9. The molecule has 0 heterocycles. The second-order valence-electron chi connectivity index (χ2n) is 11.0. The lowest BCUT2D eigenvalue weighted by atomic mass is 9.45. The Kier molecular flexibility index (Phi) is 5.80. The summed E-state index contributed by atoms with van der Waals surface area (Å²) < 4.78 is 0. The van der Waals surface area contributed by atoms with E-state index >= 15 is 0 Å². The lowest BCUT2D eigenvalue weighted by Crippen LogP contribution is -2.60. The third-order valence-corrected chi connectivity index (χ3v) is 8.55. The number of phenolic OH excluding ortho intramolecular Hbond substituents is 2. The summed E-state index contributed by atoms with van der Waals surface area (Å²) in [4.78, 5) is 13.9. The predicted molar refractivity (Wildman–Crippen MR) is 124 cm³/mol. The monoisotopic (exact) mass is 423 g/mol. The van der Waals surface area contributed by atoms with Crippen molar-refractivity contribution in [1.29, 1.82) is 0 Å². The maximum atomic E-state index is 13.9. The quantitative estimate of drug-likeness (QED) is 0.538. The molecule has 1 aromatic carbocycles. The Labute approximate surface area is 186 Å². The van der Waals surface area contributed by atoms with E-state index < -0.39 is 0 Å². The number of nitrogens with one attached hydrogen (secondary N) is 1. The molecule has 0 aromatic heterocycles. The zero-order valence-corrected chi connectivity index (χ0v) is 19.3. The summed E-state index contributed by atoms with van der Waals surface area (Å²) in [6, 6.07) is 4.56. The van der Waals surface area contributed by atoms with Crippen LogP contribution in [0.5, 0.6) is 11.5 Å². The summed E-state index contributed by atoms with van der Waals surface area (Å²) in [5.74, 6) is 0.387. The van der Waals surface area contributed by atoms with E-state index in [0.29, 0.717) is 11.5 Å². The highest BCUT2D eigenvalue weighted by molar-refractivity contribution is 5.99. The van der Waals surface area contributed by atoms with Crippen molar-refractivity contribution in [3.8, 4) is 11.5 Å². The second kappa shape index (κ2) is 8.12. The summed E-state index contributed by atoms with van der Waals surface area (Å²) in [5, 5.41) is 23.8. The minimum Gasteiger partial charge on any atom is -0.508 e. The van der Waals surface area contributed by atoms with E-state index in [1.807, 2.05) is 0 Å². The number of carbonyl (C=O) groups excluding carboxylic acids is 1. The van der Waals surface area contributed by atoms with E-state index in [-0.39, 0.29) is 46.0 Å². The average molecular weight is 424 g/mol. The van der Waals surface area contributed by atoms with Crippen LogP contribution in [0.3, 0.4) is 0 Å². The van der Waals surface area contributed by atoms with Crippen molar-refractivity contribution < 1.29 is 15.0 Å². The van der Waals surface area contributed by atoms with E-state index in [9.17, 15) is 15.0 Å². The van der Waals surface area contributed by atoms with E-state index in [1.165, 1.54) is 30.2 Å². The van der Waals surface area contributed by atoms with Crippen LogP contribution in [-0.2, 0) is 0 Å². The van der Waals surface area contributed by atoms with Crippen LogP contribution in [0.15, 0.2) is 42.0 Å². The number of ketones is 1. The molecule has 0 amide bonds. The first-order valence-corrected chi connectivity index (χ1v) is 11.8. The number of hydrogen-bond donors (Lipinski definition) is 3. The molecule has 3 aliphatic carbocycles. The van der Waals surface area contributed by atoms with Crippen molar-refractivity contribution in [3.63, 3.8) is 0 Å². The Balaban J connectivity index is 1.69. The number of hydrogen-bond acceptors (Lipinski definition) is 4. The van der Waals surface area contributed by atoms with E-state index in [4.69, 9.17) is 0 Å². The van der Waals surface area contributed by atoms with Crippen molar-refractivity contribution in [2.45, 2.75) is 65.8 Å². The molecule has 0 bridgehead atoms. The van der Waals surface area contributed by atoms with Crippen LogP contribution >= 0.6 is 0 Å². The van der Waals surface area contributed by atoms with Gasteiger partial charge in [0.1, 0.15) is 11.5 Å². The largest absolute Gasteiger partial charge is 0.508 e. The van der Waals surface area contributed by atoms with Crippen molar-refractivity contribution in [1.82, 2.24) is 5.32 Å². The number of Topliss-reactive ketones (excluding diaryl/α,β-unsaturated/α-hetero) is 1. The third-order valence-electron chi connectivity index (χ3n) is 8.55. The molecule has 4 heteroatoms. The molecule has 0 spiro atoms. The summed E-state index contributed by atoms with van der Waals surface area (Å²) in [5.41, 5.74) is 1.90. The normalized spacial score (nSPS) is 34.3. The first kappa shape index (κ1) is 22.1. The van der Waals surface area contributed by atoms with Crippen LogP contribution in [0, 0.1) is 28.6 Å². The first-order chi connectivity index (χ1) is 14.6. The Morgan fingerprint density at radius 2 is 1.84 bits per heavy atom. The van der Waals surface area contributed by atoms with Gasteiger partial charge in [-0.05, 0) is 60.5 Å². The van der Waals surface area contributed by atoms with E-state index in [2.05, 4.69) is 51.2 Å². The molecular formula is C27H37NO3. The molecule has 2 saturated carbocycles. The number of benzene rings is 1. The number of aromatic hydroxyl groups is 2. The first-order valence-electron chi connectivity index (χ1n) is 11.8. The van der Waals surface area contributed by atoms with Crippen molar-refractivity contribution in [3.05, 3.63) is 47.6 Å². The molecule has 168 valence electrons. The zero-order valence-electron chi connectivity index (χ0n) is 19.3. The van der Waals surface area contributed by atoms with E-state index in [0.717, 1.165) is 32.2 Å². The lowest BCUT2D eigenvalue weighted by Gasteiger charge is -2.60. The Morgan fingerprint density at radius 3 is 2.48 bits per heavy atom. The standard InChI is InChI=1S/C27H37NO3/c1-17-22(28-16-18-8-5-6-9-18)15-23-26(2,3)10-7-11-27(23,4)24(17)25(31)19-12-20(29)14-21(30)13-19/h5-6,8,12-14,17,22-24,28-30H,7,9-11,15-16H2,1-4H3/t17-,22-,23+,24-,27+/m1/s1. The molecule has 2 fully saturated rings. The van der Waals surface area contributed by atoms with Gasteiger partial charge < -0.3 is 15.5 Å². The molecule has 0 saturated heterocycles. The van der Waals surface area contributed by atoms with Crippen molar-refractivity contribution in [2.75, 3.05) is 6.54 Å². The van der Waals surface area contributed by atoms with Crippen LogP contribution in [0.4, 0.5) is 0 Å². The fraction of sp³-hybridized carbons (Fsp3) is 0.593. The summed E-state index contributed by atoms with van der Waals surface area (Å²) >= 11 is 0. The molecule has 0 aliphatic heterocycles. The van der Waals surface area contributed by atoms with Crippen LogP contribution in [0.25, 0.3) is 0 Å². The SMILES string of the molecule is C[C@@H]1[C@H](NCC2=CC=CC2)C[C@H]2C(C)(C)CCC[C@]2(C)[C@H]1C(=O)c1cc(O)cc(O)c1. The molecule has 31 heavy (non-hydrogen) atoms. The van der Waals surface area contributed by atoms with Crippen molar-refractivity contribution >= 4 is 5.78 Å². The summed E-state index contributed by atoms with van der Waals surface area (Å²) in [6.07, 6.45) is 12.0. The highest BCUT2D eigenvalue weighted by Crippen LogP contribution is 2.61. The second-order valence-corrected chi connectivity index (χ2v) is 11.0. The van der Waals surface area contributed by atoms with Gasteiger partial charge in [0, 0.05) is 30.1 Å². The minimum atomic E-state index is -0.153. The van der Waals surface area contributed by atoms with Gasteiger partial charge in [-0.3, -0.25) is 4.79 Å². The molecule has 3 N–H and O–H groups in total. The number of carbonyl (C=O) groups is 1. The average Bonchev–Trinajstić information content (AvgIpc) is 3.19. The van der Waals surface area contributed by atoms with Crippen LogP contribution < -0.4 is 5.32 Å². The van der Waals surface area contributed by atoms with Crippen LogP contribution in [0.1, 0.15) is 70.2 Å². The van der Waals surface area contributed by atoms with Gasteiger partial charge in [0.2, 0.25) is 0 Å². The molecule has 0 radical (unpaired) electrons. The highest BCUT2D eigenvalue weighted by Gasteiger charge is 2.58. The van der Waals surface area contributed by atoms with Gasteiger partial charge in [-0.2, -0.15) is 0 Å². The fourth-order valence-corrected chi connectivity index (χ4v) is 7.04. The van der Waals surface area contributed by atoms with E-state index in [1.54, 1.807) is 0 Å². The smallest absolute Gasteiger partial charge is 0.167 e. The number of rotatable bonds is 5. The van der Waals surface area contributed by atoms with Gasteiger partial charge >= 0.3 is 0 Å². The third kappa shape index (κ3) is 4.07. The van der Waals surface area contributed by atoms with Gasteiger partial charge in [0.25, 0.3) is 0 Å². The lowest BCUT2D eigenvalue weighted by molar-refractivity contribution is -0.0911. The Morgan fingerprint density at radius 1 is 1.13 bits per heavy atom. The minimum absolute atomic E-state index is 0.0529. The summed E-state index contributed by atoms with van der Waals surface area (Å²) in [6.45, 7) is 10.1. The number of fused-ring (bicyclic) bond motifs is 1. The molecule has 3 aliphatic rings. The van der Waals surface area contributed by atoms with Gasteiger partial charge in [-0.25, -0.2) is 0 Å². The Bertz CT molecular complexity index is 895. The molecule has 1 aromatic rings. The van der Waals surface area contributed by atoms with Crippen LogP contribution in [0.2, 0.25) is 0 Å². The zero-order chi connectivity index (χ0) is 22.4. The number of allylic oxidation sites excluding steroid dienone is 3. The molecule has 5 atom stereocenters. The Hall–Kier alpha value is -2.07. The highest BCUT2D eigenvalue weighted by atomic mass is 16.3. The van der Waals surface area contributed by atoms with Crippen LogP contribution in [-0.4, -0.2) is 28.6 Å². The topological polar surface area (TPSA) is 69.6 Å².